The van der Waals surface area contributed by atoms with E-state index in [1.54, 1.807) is 0 Å². The lowest BCUT2D eigenvalue weighted by Gasteiger charge is -2.27. The summed E-state index contributed by atoms with van der Waals surface area (Å²) < 4.78 is 0. The molecule has 92 valence electrons. The van der Waals surface area contributed by atoms with E-state index in [1.165, 1.54) is 31.3 Å². The molecule has 0 spiro atoms. The molecule has 0 saturated carbocycles. The van der Waals surface area contributed by atoms with E-state index in [4.69, 9.17) is 0 Å². The van der Waals surface area contributed by atoms with Crippen LogP contribution in [0.1, 0.15) is 53.4 Å². The number of hydrogen-bond donors (Lipinski definition) is 1. The predicted molar refractivity (Wildman–Crippen MR) is 70.3 cm³/mol. The molecule has 0 radical (unpaired) electrons. The van der Waals surface area contributed by atoms with Crippen molar-refractivity contribution in [3.63, 3.8) is 0 Å². The van der Waals surface area contributed by atoms with Gasteiger partial charge in [0.05, 0.1) is 5.60 Å². The van der Waals surface area contributed by atoms with Gasteiger partial charge in [-0.15, -0.1) is 0 Å². The highest BCUT2D eigenvalue weighted by atomic mass is 16.3. The maximum absolute atomic E-state index is 9.70. The fraction of sp³-hybridized carbons (Fsp3) is 0.733. The van der Waals surface area contributed by atoms with Gasteiger partial charge in [0, 0.05) is 0 Å². The molecule has 0 aromatic rings. The van der Waals surface area contributed by atoms with Crippen molar-refractivity contribution in [2.45, 2.75) is 59.0 Å². The molecule has 16 heavy (non-hydrogen) atoms. The van der Waals surface area contributed by atoms with Gasteiger partial charge in [-0.05, 0) is 58.3 Å². The SMILES string of the molecule is CCC(/C=C/C(C)(C)O)C1CC=C(C)CC1. The van der Waals surface area contributed by atoms with Crippen LogP contribution in [0.3, 0.4) is 0 Å². The number of aliphatic hydroxyl groups is 1. The first-order valence-corrected chi connectivity index (χ1v) is 6.49. The lowest BCUT2D eigenvalue weighted by Crippen LogP contribution is -2.18. The summed E-state index contributed by atoms with van der Waals surface area (Å²) in [4.78, 5) is 0. The van der Waals surface area contributed by atoms with Gasteiger partial charge in [-0.2, -0.15) is 0 Å². The van der Waals surface area contributed by atoms with Crippen LogP contribution in [-0.2, 0) is 0 Å². The molecule has 0 heterocycles. The van der Waals surface area contributed by atoms with Gasteiger partial charge in [0.15, 0.2) is 0 Å². The Hall–Kier alpha value is -0.560. The second-order valence-corrected chi connectivity index (χ2v) is 5.67. The molecule has 0 bridgehead atoms. The zero-order valence-corrected chi connectivity index (χ0v) is 11.2. The molecular weight excluding hydrogens is 196 g/mol. The molecular formula is C15H26O. The summed E-state index contributed by atoms with van der Waals surface area (Å²) >= 11 is 0. The Bertz CT molecular complexity index is 268. The van der Waals surface area contributed by atoms with Crippen LogP contribution >= 0.6 is 0 Å². The normalized spacial score (nSPS) is 24.6. The first kappa shape index (κ1) is 13.5. The quantitative estimate of drug-likeness (QED) is 0.710. The van der Waals surface area contributed by atoms with Crippen molar-refractivity contribution in [1.29, 1.82) is 0 Å². The Labute approximate surface area is 100 Å². The van der Waals surface area contributed by atoms with Crippen LogP contribution < -0.4 is 0 Å². The summed E-state index contributed by atoms with van der Waals surface area (Å²) in [5.74, 6) is 1.39. The molecule has 0 aliphatic heterocycles. The highest BCUT2D eigenvalue weighted by molar-refractivity contribution is 5.07. The second kappa shape index (κ2) is 5.67. The monoisotopic (exact) mass is 222 g/mol. The number of rotatable bonds is 4. The molecule has 2 unspecified atom stereocenters. The molecule has 0 saturated heterocycles. The summed E-state index contributed by atoms with van der Waals surface area (Å²) in [5, 5.41) is 9.70. The van der Waals surface area contributed by atoms with Gasteiger partial charge in [0.25, 0.3) is 0 Å². The van der Waals surface area contributed by atoms with Crippen molar-refractivity contribution < 1.29 is 5.11 Å². The maximum atomic E-state index is 9.70. The van der Waals surface area contributed by atoms with Crippen molar-refractivity contribution in [3.05, 3.63) is 23.8 Å². The van der Waals surface area contributed by atoms with Gasteiger partial charge in [0.2, 0.25) is 0 Å². The molecule has 1 heteroatoms. The van der Waals surface area contributed by atoms with Gasteiger partial charge in [-0.1, -0.05) is 30.7 Å². The van der Waals surface area contributed by atoms with Crippen LogP contribution in [0.5, 0.6) is 0 Å². The topological polar surface area (TPSA) is 20.2 Å². The third-order valence-corrected chi connectivity index (χ3v) is 3.51. The van der Waals surface area contributed by atoms with E-state index in [-0.39, 0.29) is 0 Å². The highest BCUT2D eigenvalue weighted by Crippen LogP contribution is 2.32. The number of hydrogen-bond acceptors (Lipinski definition) is 1. The van der Waals surface area contributed by atoms with Crippen LogP contribution in [0.15, 0.2) is 23.8 Å². The number of allylic oxidation sites excluding steroid dienone is 3. The van der Waals surface area contributed by atoms with Crippen LogP contribution in [-0.4, -0.2) is 10.7 Å². The van der Waals surface area contributed by atoms with E-state index in [2.05, 4.69) is 26.0 Å². The smallest absolute Gasteiger partial charge is 0.0771 e. The third-order valence-electron chi connectivity index (χ3n) is 3.51. The van der Waals surface area contributed by atoms with Crippen molar-refractivity contribution in [1.82, 2.24) is 0 Å². The third kappa shape index (κ3) is 4.52. The van der Waals surface area contributed by atoms with Crippen molar-refractivity contribution in [3.8, 4) is 0 Å². The minimum Gasteiger partial charge on any atom is -0.386 e. The average Bonchev–Trinajstić information content (AvgIpc) is 2.20. The zero-order chi connectivity index (χ0) is 12.2. The van der Waals surface area contributed by atoms with E-state index in [9.17, 15) is 5.11 Å². The molecule has 0 amide bonds. The average molecular weight is 222 g/mol. The van der Waals surface area contributed by atoms with E-state index < -0.39 is 5.60 Å². The largest absolute Gasteiger partial charge is 0.386 e. The Kier molecular flexibility index (Phi) is 4.79. The lowest BCUT2D eigenvalue weighted by atomic mass is 9.79. The molecule has 0 fully saturated rings. The van der Waals surface area contributed by atoms with E-state index in [0.717, 1.165) is 5.92 Å². The Morgan fingerprint density at radius 1 is 1.56 bits per heavy atom. The summed E-state index contributed by atoms with van der Waals surface area (Å²) in [6, 6.07) is 0. The van der Waals surface area contributed by atoms with Crippen molar-refractivity contribution in [2.75, 3.05) is 0 Å². The summed E-state index contributed by atoms with van der Waals surface area (Å²) in [7, 11) is 0. The maximum Gasteiger partial charge on any atom is 0.0771 e. The van der Waals surface area contributed by atoms with Gasteiger partial charge in [0.1, 0.15) is 0 Å². The van der Waals surface area contributed by atoms with Crippen molar-refractivity contribution in [2.24, 2.45) is 11.8 Å². The molecule has 1 nitrogen and oxygen atoms in total. The Morgan fingerprint density at radius 2 is 2.25 bits per heavy atom. The zero-order valence-electron chi connectivity index (χ0n) is 11.2. The van der Waals surface area contributed by atoms with Crippen LogP contribution in [0, 0.1) is 11.8 Å². The Balaban J connectivity index is 2.58. The predicted octanol–water partition coefficient (Wildman–Crippen LogP) is 4.09. The lowest BCUT2D eigenvalue weighted by molar-refractivity contribution is 0.132. The van der Waals surface area contributed by atoms with E-state index >= 15 is 0 Å². The first-order valence-electron chi connectivity index (χ1n) is 6.49. The fourth-order valence-electron chi connectivity index (χ4n) is 2.36. The molecule has 1 aliphatic rings. The summed E-state index contributed by atoms with van der Waals surface area (Å²) in [5.41, 5.74) is 0.867. The minimum atomic E-state index is -0.673. The van der Waals surface area contributed by atoms with Crippen LogP contribution in [0.25, 0.3) is 0 Å². The summed E-state index contributed by atoms with van der Waals surface area (Å²) in [6.45, 7) is 8.14. The van der Waals surface area contributed by atoms with Crippen LogP contribution in [0.4, 0.5) is 0 Å². The highest BCUT2D eigenvalue weighted by Gasteiger charge is 2.20. The molecule has 0 aromatic heterocycles. The van der Waals surface area contributed by atoms with Crippen LogP contribution in [0.2, 0.25) is 0 Å². The molecule has 1 aliphatic carbocycles. The second-order valence-electron chi connectivity index (χ2n) is 5.67. The summed E-state index contributed by atoms with van der Waals surface area (Å²) in [6.07, 6.45) is 11.5. The molecule has 1 N–H and O–H groups in total. The van der Waals surface area contributed by atoms with E-state index in [0.29, 0.717) is 5.92 Å². The van der Waals surface area contributed by atoms with Gasteiger partial charge >= 0.3 is 0 Å². The van der Waals surface area contributed by atoms with Gasteiger partial charge in [-0.3, -0.25) is 0 Å². The standard InChI is InChI=1S/C15H26O/c1-5-13(10-11-15(3,4)16)14-8-6-12(2)7-9-14/h6,10-11,13-14,16H,5,7-9H2,1-4H3/b11-10+. The molecule has 2 atom stereocenters. The molecule has 0 aromatic carbocycles. The van der Waals surface area contributed by atoms with Gasteiger partial charge < -0.3 is 5.11 Å². The Morgan fingerprint density at radius 3 is 2.69 bits per heavy atom. The van der Waals surface area contributed by atoms with Crippen molar-refractivity contribution >= 4 is 0 Å². The molecule has 1 rings (SSSR count). The minimum absolute atomic E-state index is 0.621. The first-order chi connectivity index (χ1) is 7.42. The van der Waals surface area contributed by atoms with Gasteiger partial charge in [-0.25, -0.2) is 0 Å². The van der Waals surface area contributed by atoms with E-state index in [1.807, 2.05) is 19.9 Å². The fourth-order valence-corrected chi connectivity index (χ4v) is 2.36.